The summed E-state index contributed by atoms with van der Waals surface area (Å²) in [6.07, 6.45) is 2.35. The molecule has 0 aromatic rings. The van der Waals surface area contributed by atoms with Crippen LogP contribution in [-0.4, -0.2) is 65.5 Å². The van der Waals surface area contributed by atoms with E-state index in [-0.39, 0.29) is 18.5 Å². The van der Waals surface area contributed by atoms with Crippen LogP contribution < -0.4 is 5.32 Å². The first-order valence-corrected chi connectivity index (χ1v) is 8.02. The largest absolute Gasteiger partial charge is 0.481 e. The summed E-state index contributed by atoms with van der Waals surface area (Å²) in [5.41, 5.74) is 0. The first kappa shape index (κ1) is 18.3. The Hall–Kier alpha value is -1.79. The van der Waals surface area contributed by atoms with Crippen LogP contribution in [0.4, 0.5) is 4.79 Å². The van der Waals surface area contributed by atoms with Gasteiger partial charge in [0, 0.05) is 39.1 Å². The first-order valence-electron chi connectivity index (χ1n) is 8.02. The normalized spacial score (nSPS) is 17.9. The number of nitrogens with zero attached hydrogens (tertiary/aromatic N) is 2. The molecule has 0 spiro atoms. The summed E-state index contributed by atoms with van der Waals surface area (Å²) < 4.78 is 0. The molecule has 0 radical (unpaired) electrons. The molecule has 7 nitrogen and oxygen atoms in total. The second kappa shape index (κ2) is 9.27. The standard InChI is InChI=1S/C15H27N3O4/c1-3-17(4-2)13(19)8-5-9-16-15(22)18-10-6-7-12(11-18)14(20)21/h12H,3-11H2,1-2H3,(H,16,22)(H,20,21). The number of hydrogen-bond acceptors (Lipinski definition) is 3. The van der Waals surface area contributed by atoms with Crippen molar-refractivity contribution in [3.63, 3.8) is 0 Å². The van der Waals surface area contributed by atoms with Gasteiger partial charge in [0.2, 0.25) is 5.91 Å². The molecule has 1 saturated heterocycles. The minimum Gasteiger partial charge on any atom is -0.481 e. The summed E-state index contributed by atoms with van der Waals surface area (Å²) in [7, 11) is 0. The average Bonchev–Trinajstić information content (AvgIpc) is 2.52. The van der Waals surface area contributed by atoms with Crippen LogP contribution in [-0.2, 0) is 9.59 Å². The van der Waals surface area contributed by atoms with Crippen molar-refractivity contribution in [3.8, 4) is 0 Å². The van der Waals surface area contributed by atoms with Crippen molar-refractivity contribution in [1.82, 2.24) is 15.1 Å². The van der Waals surface area contributed by atoms with Crippen molar-refractivity contribution in [2.45, 2.75) is 39.5 Å². The summed E-state index contributed by atoms with van der Waals surface area (Å²) >= 11 is 0. The number of hydrogen-bond donors (Lipinski definition) is 2. The molecule has 3 amide bonds. The van der Waals surface area contributed by atoms with E-state index in [9.17, 15) is 14.4 Å². The number of aliphatic carboxylic acids is 1. The fraction of sp³-hybridized carbons (Fsp3) is 0.800. The van der Waals surface area contributed by atoms with E-state index in [2.05, 4.69) is 5.32 Å². The lowest BCUT2D eigenvalue weighted by atomic mass is 9.99. The fourth-order valence-electron chi connectivity index (χ4n) is 2.64. The van der Waals surface area contributed by atoms with Crippen molar-refractivity contribution in [1.29, 1.82) is 0 Å². The molecule has 0 aromatic carbocycles. The molecule has 1 fully saturated rings. The lowest BCUT2D eigenvalue weighted by Crippen LogP contribution is -2.47. The van der Waals surface area contributed by atoms with Gasteiger partial charge in [0.05, 0.1) is 5.92 Å². The van der Waals surface area contributed by atoms with Gasteiger partial charge in [0.25, 0.3) is 0 Å². The monoisotopic (exact) mass is 313 g/mol. The molecule has 1 heterocycles. The average molecular weight is 313 g/mol. The molecule has 7 heteroatoms. The van der Waals surface area contributed by atoms with E-state index < -0.39 is 11.9 Å². The third-order valence-electron chi connectivity index (χ3n) is 4.02. The van der Waals surface area contributed by atoms with E-state index in [4.69, 9.17) is 5.11 Å². The highest BCUT2D eigenvalue weighted by atomic mass is 16.4. The van der Waals surface area contributed by atoms with Crippen LogP contribution in [0.2, 0.25) is 0 Å². The van der Waals surface area contributed by atoms with E-state index in [1.54, 1.807) is 9.80 Å². The smallest absolute Gasteiger partial charge is 0.317 e. The van der Waals surface area contributed by atoms with Crippen LogP contribution in [0.5, 0.6) is 0 Å². The predicted octanol–water partition coefficient (Wildman–Crippen LogP) is 1.14. The van der Waals surface area contributed by atoms with Gasteiger partial charge in [-0.05, 0) is 33.1 Å². The predicted molar refractivity (Wildman–Crippen MR) is 82.5 cm³/mol. The number of carboxylic acid groups (broad SMARTS) is 1. The van der Waals surface area contributed by atoms with E-state index in [0.717, 1.165) is 0 Å². The van der Waals surface area contributed by atoms with Gasteiger partial charge in [-0.15, -0.1) is 0 Å². The van der Waals surface area contributed by atoms with Crippen molar-refractivity contribution < 1.29 is 19.5 Å². The molecule has 0 aromatic heterocycles. The second-order valence-electron chi connectivity index (χ2n) is 5.52. The van der Waals surface area contributed by atoms with Crippen molar-refractivity contribution in [2.24, 2.45) is 5.92 Å². The summed E-state index contributed by atoms with van der Waals surface area (Å²) in [5, 5.41) is 11.8. The second-order valence-corrected chi connectivity index (χ2v) is 5.52. The highest BCUT2D eigenvalue weighted by Gasteiger charge is 2.27. The van der Waals surface area contributed by atoms with Gasteiger partial charge in [-0.3, -0.25) is 9.59 Å². The van der Waals surface area contributed by atoms with Gasteiger partial charge in [-0.25, -0.2) is 4.79 Å². The molecule has 1 aliphatic heterocycles. The topological polar surface area (TPSA) is 90.0 Å². The summed E-state index contributed by atoms with van der Waals surface area (Å²) in [6.45, 7) is 6.57. The zero-order valence-electron chi connectivity index (χ0n) is 13.5. The van der Waals surface area contributed by atoms with Crippen molar-refractivity contribution in [2.75, 3.05) is 32.7 Å². The Morgan fingerprint density at radius 1 is 1.27 bits per heavy atom. The van der Waals surface area contributed by atoms with Crippen LogP contribution >= 0.6 is 0 Å². The summed E-state index contributed by atoms with van der Waals surface area (Å²) in [4.78, 5) is 38.1. The third-order valence-corrected chi connectivity index (χ3v) is 4.02. The number of urea groups is 1. The van der Waals surface area contributed by atoms with E-state index >= 15 is 0 Å². The number of likely N-dealkylation sites (tertiary alicyclic amines) is 1. The number of piperidine rings is 1. The Kier molecular flexibility index (Phi) is 7.70. The maximum absolute atomic E-state index is 12.0. The zero-order chi connectivity index (χ0) is 16.5. The Bertz CT molecular complexity index is 396. The Labute approximate surface area is 131 Å². The lowest BCUT2D eigenvalue weighted by Gasteiger charge is -2.30. The number of carbonyl (C=O) groups is 3. The number of carbonyl (C=O) groups excluding carboxylic acids is 2. The molecular formula is C15H27N3O4. The quantitative estimate of drug-likeness (QED) is 0.690. The number of amides is 3. The van der Waals surface area contributed by atoms with E-state index in [0.29, 0.717) is 51.9 Å². The van der Waals surface area contributed by atoms with Crippen LogP contribution in [0.1, 0.15) is 39.5 Å². The van der Waals surface area contributed by atoms with Crippen molar-refractivity contribution in [3.05, 3.63) is 0 Å². The van der Waals surface area contributed by atoms with Gasteiger partial charge in [0.1, 0.15) is 0 Å². The highest BCUT2D eigenvalue weighted by Crippen LogP contribution is 2.16. The van der Waals surface area contributed by atoms with Crippen LogP contribution in [0, 0.1) is 5.92 Å². The molecule has 2 N–H and O–H groups in total. The highest BCUT2D eigenvalue weighted by molar-refractivity contribution is 5.77. The molecule has 1 unspecified atom stereocenters. The van der Waals surface area contributed by atoms with Crippen LogP contribution in [0.3, 0.4) is 0 Å². The maximum atomic E-state index is 12.0. The minimum atomic E-state index is -0.845. The Balaban J connectivity index is 2.26. The summed E-state index contributed by atoms with van der Waals surface area (Å²) in [6, 6.07) is -0.235. The number of rotatable bonds is 7. The number of nitrogens with one attached hydrogen (secondary N) is 1. The first-order chi connectivity index (χ1) is 10.5. The fourth-order valence-corrected chi connectivity index (χ4v) is 2.64. The molecule has 1 rings (SSSR count). The zero-order valence-corrected chi connectivity index (χ0v) is 13.5. The van der Waals surface area contributed by atoms with Gasteiger partial charge in [0.15, 0.2) is 0 Å². The molecule has 126 valence electrons. The summed E-state index contributed by atoms with van der Waals surface area (Å²) in [5.74, 6) is -1.21. The van der Waals surface area contributed by atoms with Crippen molar-refractivity contribution >= 4 is 17.9 Å². The molecule has 1 atom stereocenters. The van der Waals surface area contributed by atoms with E-state index in [1.165, 1.54) is 0 Å². The van der Waals surface area contributed by atoms with Crippen LogP contribution in [0.15, 0.2) is 0 Å². The van der Waals surface area contributed by atoms with Gasteiger partial charge in [-0.2, -0.15) is 0 Å². The Morgan fingerprint density at radius 3 is 2.55 bits per heavy atom. The van der Waals surface area contributed by atoms with Gasteiger partial charge < -0.3 is 20.2 Å². The van der Waals surface area contributed by atoms with Crippen LogP contribution in [0.25, 0.3) is 0 Å². The van der Waals surface area contributed by atoms with E-state index in [1.807, 2.05) is 13.8 Å². The molecular weight excluding hydrogens is 286 g/mol. The molecule has 0 aliphatic carbocycles. The Morgan fingerprint density at radius 2 is 1.95 bits per heavy atom. The molecule has 22 heavy (non-hydrogen) atoms. The lowest BCUT2D eigenvalue weighted by molar-refractivity contribution is -0.143. The third kappa shape index (κ3) is 5.54. The number of carboxylic acids is 1. The molecule has 1 aliphatic rings. The molecule has 0 bridgehead atoms. The molecule has 0 saturated carbocycles. The van der Waals surface area contributed by atoms with Gasteiger partial charge >= 0.3 is 12.0 Å². The van der Waals surface area contributed by atoms with Gasteiger partial charge in [-0.1, -0.05) is 0 Å². The maximum Gasteiger partial charge on any atom is 0.317 e. The SMILES string of the molecule is CCN(CC)C(=O)CCCNC(=O)N1CCCC(C(=O)O)C1. The minimum absolute atomic E-state index is 0.100.